The average Bonchev–Trinajstić information content (AvgIpc) is 2.26. The van der Waals surface area contributed by atoms with Crippen LogP contribution in [0.4, 0.5) is 0 Å². The third-order valence-corrected chi connectivity index (χ3v) is 4.21. The van der Waals surface area contributed by atoms with Gasteiger partial charge in [-0.1, -0.05) is 28.9 Å². The van der Waals surface area contributed by atoms with Crippen molar-refractivity contribution >= 4 is 15.9 Å². The fourth-order valence-corrected chi connectivity index (χ4v) is 2.31. The van der Waals surface area contributed by atoms with Crippen LogP contribution >= 0.6 is 15.9 Å². The van der Waals surface area contributed by atoms with Gasteiger partial charge in [0.2, 0.25) is 0 Å². The molecule has 0 aromatic heterocycles. The maximum Gasteiger partial charge on any atom is 0.126 e. The first kappa shape index (κ1) is 13.5. The van der Waals surface area contributed by atoms with E-state index in [1.54, 1.807) is 7.11 Å². The van der Waals surface area contributed by atoms with Crippen LogP contribution in [0.15, 0.2) is 10.5 Å². The minimum Gasteiger partial charge on any atom is -0.496 e. The molecule has 16 heavy (non-hydrogen) atoms. The van der Waals surface area contributed by atoms with Crippen LogP contribution in [0.5, 0.6) is 5.75 Å². The topological polar surface area (TPSA) is 35.2 Å². The van der Waals surface area contributed by atoms with E-state index in [4.69, 9.17) is 10.5 Å². The molecular weight excluding hydrogens is 266 g/mol. The smallest absolute Gasteiger partial charge is 0.126 e. The lowest BCUT2D eigenvalue weighted by Gasteiger charge is -2.19. The number of hydrogen-bond acceptors (Lipinski definition) is 2. The molecule has 0 aliphatic carbocycles. The van der Waals surface area contributed by atoms with E-state index in [0.29, 0.717) is 12.5 Å². The first-order chi connectivity index (χ1) is 7.52. The molecule has 1 unspecified atom stereocenters. The van der Waals surface area contributed by atoms with Crippen molar-refractivity contribution in [3.05, 3.63) is 27.2 Å². The summed E-state index contributed by atoms with van der Waals surface area (Å²) in [4.78, 5) is 0. The molecule has 1 atom stereocenters. The molecule has 0 radical (unpaired) electrons. The van der Waals surface area contributed by atoms with Crippen molar-refractivity contribution in [3.8, 4) is 5.75 Å². The molecule has 0 spiro atoms. The standard InChI is InChI=1S/C13H20BrNO/c1-8(5-6-15)11-7-9(2)12(14)10(3)13(11)16-4/h7-8H,5-6,15H2,1-4H3. The van der Waals surface area contributed by atoms with E-state index in [1.807, 2.05) is 0 Å². The number of nitrogens with two attached hydrogens (primary N) is 1. The van der Waals surface area contributed by atoms with E-state index < -0.39 is 0 Å². The third-order valence-electron chi connectivity index (χ3n) is 2.98. The Morgan fingerprint density at radius 3 is 2.56 bits per heavy atom. The number of hydrogen-bond donors (Lipinski definition) is 1. The normalized spacial score (nSPS) is 12.6. The van der Waals surface area contributed by atoms with Crippen LogP contribution in [0, 0.1) is 13.8 Å². The van der Waals surface area contributed by atoms with E-state index in [0.717, 1.165) is 16.6 Å². The number of benzene rings is 1. The molecule has 3 heteroatoms. The summed E-state index contributed by atoms with van der Waals surface area (Å²) < 4.78 is 6.64. The summed E-state index contributed by atoms with van der Waals surface area (Å²) in [7, 11) is 1.72. The number of rotatable bonds is 4. The van der Waals surface area contributed by atoms with Crippen LogP contribution in [0.1, 0.15) is 36.0 Å². The second-order valence-electron chi connectivity index (χ2n) is 4.23. The van der Waals surface area contributed by atoms with Gasteiger partial charge < -0.3 is 10.5 Å². The summed E-state index contributed by atoms with van der Waals surface area (Å²) in [5, 5.41) is 0. The summed E-state index contributed by atoms with van der Waals surface area (Å²) in [5.41, 5.74) is 9.29. The molecule has 0 saturated carbocycles. The molecule has 90 valence electrons. The van der Waals surface area contributed by atoms with Gasteiger partial charge in [-0.3, -0.25) is 0 Å². The van der Waals surface area contributed by atoms with Gasteiger partial charge in [0.15, 0.2) is 0 Å². The van der Waals surface area contributed by atoms with E-state index in [2.05, 4.69) is 42.8 Å². The monoisotopic (exact) mass is 285 g/mol. The lowest BCUT2D eigenvalue weighted by atomic mass is 9.93. The highest BCUT2D eigenvalue weighted by atomic mass is 79.9. The third kappa shape index (κ3) is 2.58. The van der Waals surface area contributed by atoms with Gasteiger partial charge in [-0.2, -0.15) is 0 Å². The molecule has 0 aliphatic rings. The summed E-state index contributed by atoms with van der Waals surface area (Å²) in [6.45, 7) is 7.08. The van der Waals surface area contributed by atoms with Crippen molar-refractivity contribution in [2.45, 2.75) is 33.1 Å². The SMILES string of the molecule is COc1c(C(C)CCN)cc(C)c(Br)c1C. The van der Waals surface area contributed by atoms with Crippen molar-refractivity contribution in [1.82, 2.24) is 0 Å². The summed E-state index contributed by atoms with van der Waals surface area (Å²) in [6, 6.07) is 2.19. The maximum atomic E-state index is 5.61. The van der Waals surface area contributed by atoms with Crippen LogP contribution in [-0.4, -0.2) is 13.7 Å². The highest BCUT2D eigenvalue weighted by Gasteiger charge is 2.16. The van der Waals surface area contributed by atoms with Crippen molar-refractivity contribution < 1.29 is 4.74 Å². The predicted molar refractivity (Wildman–Crippen MR) is 72.3 cm³/mol. The van der Waals surface area contributed by atoms with Crippen LogP contribution in [0.25, 0.3) is 0 Å². The molecule has 1 rings (SSSR count). The highest BCUT2D eigenvalue weighted by Crippen LogP contribution is 2.37. The maximum absolute atomic E-state index is 5.61. The van der Waals surface area contributed by atoms with Gasteiger partial charge in [0.25, 0.3) is 0 Å². The summed E-state index contributed by atoms with van der Waals surface area (Å²) in [6.07, 6.45) is 0.983. The second kappa shape index (κ2) is 5.69. The molecule has 0 amide bonds. The fourth-order valence-electron chi connectivity index (χ4n) is 2.02. The Bertz CT molecular complexity index is 377. The zero-order valence-electron chi connectivity index (χ0n) is 10.4. The van der Waals surface area contributed by atoms with Crippen LogP contribution < -0.4 is 10.5 Å². The van der Waals surface area contributed by atoms with Gasteiger partial charge in [-0.05, 0) is 43.9 Å². The number of aryl methyl sites for hydroxylation is 1. The Balaban J connectivity index is 3.27. The van der Waals surface area contributed by atoms with Crippen molar-refractivity contribution in [2.75, 3.05) is 13.7 Å². The Labute approximate surface area is 106 Å². The number of ether oxygens (including phenoxy) is 1. The van der Waals surface area contributed by atoms with Crippen LogP contribution in [-0.2, 0) is 0 Å². The Kier molecular flexibility index (Phi) is 4.81. The Hall–Kier alpha value is -0.540. The van der Waals surface area contributed by atoms with Gasteiger partial charge in [0.1, 0.15) is 5.75 Å². The predicted octanol–water partition coefficient (Wildman–Crippen LogP) is 3.53. The molecular formula is C13H20BrNO. The lowest BCUT2D eigenvalue weighted by Crippen LogP contribution is -2.07. The molecule has 2 nitrogen and oxygen atoms in total. The lowest BCUT2D eigenvalue weighted by molar-refractivity contribution is 0.402. The largest absolute Gasteiger partial charge is 0.496 e. The van der Waals surface area contributed by atoms with Gasteiger partial charge in [0, 0.05) is 10.0 Å². The second-order valence-corrected chi connectivity index (χ2v) is 5.03. The zero-order chi connectivity index (χ0) is 12.3. The first-order valence-corrected chi connectivity index (χ1v) is 6.35. The molecule has 1 aromatic rings. The van der Waals surface area contributed by atoms with Gasteiger partial charge in [0.05, 0.1) is 7.11 Å². The van der Waals surface area contributed by atoms with Gasteiger partial charge >= 0.3 is 0 Å². The molecule has 0 fully saturated rings. The van der Waals surface area contributed by atoms with Gasteiger partial charge in [-0.15, -0.1) is 0 Å². The zero-order valence-corrected chi connectivity index (χ0v) is 12.0. The molecule has 0 aliphatic heterocycles. The van der Waals surface area contributed by atoms with E-state index in [1.165, 1.54) is 16.7 Å². The Morgan fingerprint density at radius 1 is 1.44 bits per heavy atom. The first-order valence-electron chi connectivity index (χ1n) is 5.56. The van der Waals surface area contributed by atoms with E-state index in [9.17, 15) is 0 Å². The van der Waals surface area contributed by atoms with Crippen LogP contribution in [0.2, 0.25) is 0 Å². The molecule has 0 bridgehead atoms. The molecule has 2 N–H and O–H groups in total. The van der Waals surface area contributed by atoms with Gasteiger partial charge in [-0.25, -0.2) is 0 Å². The number of methoxy groups -OCH3 is 1. The Morgan fingerprint density at radius 2 is 2.06 bits per heavy atom. The van der Waals surface area contributed by atoms with Crippen molar-refractivity contribution in [2.24, 2.45) is 5.73 Å². The van der Waals surface area contributed by atoms with Crippen molar-refractivity contribution in [3.63, 3.8) is 0 Å². The quantitative estimate of drug-likeness (QED) is 0.919. The van der Waals surface area contributed by atoms with Crippen molar-refractivity contribution in [1.29, 1.82) is 0 Å². The number of halogens is 1. The minimum atomic E-state index is 0.436. The molecule has 0 saturated heterocycles. The molecule has 0 heterocycles. The summed E-state index contributed by atoms with van der Waals surface area (Å²) in [5.74, 6) is 1.42. The highest BCUT2D eigenvalue weighted by molar-refractivity contribution is 9.10. The fraction of sp³-hybridized carbons (Fsp3) is 0.538. The average molecular weight is 286 g/mol. The summed E-state index contributed by atoms with van der Waals surface area (Å²) >= 11 is 3.59. The van der Waals surface area contributed by atoms with E-state index in [-0.39, 0.29) is 0 Å². The minimum absolute atomic E-state index is 0.436. The van der Waals surface area contributed by atoms with Crippen LogP contribution in [0.3, 0.4) is 0 Å². The molecule has 1 aromatic carbocycles. The van der Waals surface area contributed by atoms with E-state index >= 15 is 0 Å².